The van der Waals surface area contributed by atoms with Crippen molar-refractivity contribution in [2.24, 2.45) is 11.8 Å². The van der Waals surface area contributed by atoms with Crippen molar-refractivity contribution in [2.45, 2.75) is 32.9 Å². The van der Waals surface area contributed by atoms with Crippen LogP contribution in [0.4, 0.5) is 0 Å². The first kappa shape index (κ1) is 8.97. The summed E-state index contributed by atoms with van der Waals surface area (Å²) >= 11 is 0. The average molecular weight is 159 g/mol. The van der Waals surface area contributed by atoms with Crippen LogP contribution in [0.25, 0.3) is 0 Å². The molecular formula is C8H17NO2. The first-order chi connectivity index (χ1) is 5.11. The number of hydrogen-bond acceptors (Lipinski definition) is 3. The first-order valence-corrected chi connectivity index (χ1v) is 4.25. The van der Waals surface area contributed by atoms with Gasteiger partial charge in [0.15, 0.2) is 0 Å². The zero-order valence-electron chi connectivity index (χ0n) is 7.20. The highest BCUT2D eigenvalue weighted by molar-refractivity contribution is 4.75. The van der Waals surface area contributed by atoms with Crippen LogP contribution in [-0.2, 0) is 0 Å². The fourth-order valence-electron chi connectivity index (χ4n) is 1.67. The Morgan fingerprint density at radius 3 is 2.55 bits per heavy atom. The van der Waals surface area contributed by atoms with Gasteiger partial charge in [-0.05, 0) is 18.8 Å². The van der Waals surface area contributed by atoms with Gasteiger partial charge in [-0.2, -0.15) is 5.06 Å². The molecule has 0 aromatic rings. The number of hydroxylamine groups is 2. The van der Waals surface area contributed by atoms with Crippen LogP contribution in [0.3, 0.4) is 0 Å². The van der Waals surface area contributed by atoms with E-state index in [9.17, 15) is 5.11 Å². The quantitative estimate of drug-likeness (QED) is 0.633. The second-order valence-electron chi connectivity index (χ2n) is 3.75. The monoisotopic (exact) mass is 159 g/mol. The molecule has 0 aromatic heterocycles. The van der Waals surface area contributed by atoms with E-state index in [0.29, 0.717) is 12.5 Å². The predicted octanol–water partition coefficient (Wildman–Crippen LogP) is 1.06. The largest absolute Gasteiger partial charge is 0.376 e. The Balaban J connectivity index is 2.36. The molecule has 11 heavy (non-hydrogen) atoms. The van der Waals surface area contributed by atoms with Gasteiger partial charge in [0.25, 0.3) is 0 Å². The summed E-state index contributed by atoms with van der Waals surface area (Å²) in [7, 11) is 0. The Hall–Kier alpha value is -0.120. The van der Waals surface area contributed by atoms with Gasteiger partial charge in [-0.15, -0.1) is 0 Å². The van der Waals surface area contributed by atoms with Crippen molar-refractivity contribution in [1.29, 1.82) is 0 Å². The summed E-state index contributed by atoms with van der Waals surface area (Å²) in [5, 5.41) is 19.5. The standard InChI is InChI=1S/C8H17NO2/c1-6(2)5-7-3-4-9(11)8(7)10/h6-8,10-11H,3-5H2,1-2H3. The summed E-state index contributed by atoms with van der Waals surface area (Å²) in [5.74, 6) is 0.862. The van der Waals surface area contributed by atoms with E-state index in [1.54, 1.807) is 0 Å². The van der Waals surface area contributed by atoms with Crippen molar-refractivity contribution in [1.82, 2.24) is 5.06 Å². The lowest BCUT2D eigenvalue weighted by molar-refractivity contribution is -0.182. The molecule has 0 bridgehead atoms. The Morgan fingerprint density at radius 1 is 1.55 bits per heavy atom. The molecule has 1 heterocycles. The number of aliphatic hydroxyl groups is 1. The fraction of sp³-hybridized carbons (Fsp3) is 1.00. The lowest BCUT2D eigenvalue weighted by Crippen LogP contribution is -2.29. The molecule has 2 N–H and O–H groups in total. The van der Waals surface area contributed by atoms with Gasteiger partial charge >= 0.3 is 0 Å². The van der Waals surface area contributed by atoms with Crippen LogP contribution in [-0.4, -0.2) is 28.1 Å². The summed E-state index contributed by atoms with van der Waals surface area (Å²) in [6.45, 7) is 4.87. The van der Waals surface area contributed by atoms with Crippen LogP contribution in [0.1, 0.15) is 26.7 Å². The minimum atomic E-state index is -0.627. The van der Waals surface area contributed by atoms with Crippen LogP contribution in [0.5, 0.6) is 0 Å². The van der Waals surface area contributed by atoms with E-state index < -0.39 is 6.23 Å². The molecule has 0 radical (unpaired) electrons. The zero-order chi connectivity index (χ0) is 8.43. The maximum Gasteiger partial charge on any atom is 0.132 e. The smallest absolute Gasteiger partial charge is 0.132 e. The van der Waals surface area contributed by atoms with E-state index in [0.717, 1.165) is 17.9 Å². The van der Waals surface area contributed by atoms with Crippen molar-refractivity contribution < 1.29 is 10.3 Å². The van der Waals surface area contributed by atoms with Gasteiger partial charge in [0, 0.05) is 12.5 Å². The van der Waals surface area contributed by atoms with Crippen molar-refractivity contribution in [2.75, 3.05) is 6.54 Å². The predicted molar refractivity (Wildman–Crippen MR) is 42.1 cm³/mol. The van der Waals surface area contributed by atoms with E-state index in [1.807, 2.05) is 0 Å². The normalized spacial score (nSPS) is 33.5. The molecule has 1 aliphatic rings. The third-order valence-electron chi connectivity index (χ3n) is 2.23. The zero-order valence-corrected chi connectivity index (χ0v) is 7.20. The maximum atomic E-state index is 9.38. The molecule has 3 nitrogen and oxygen atoms in total. The molecule has 66 valence electrons. The highest BCUT2D eigenvalue weighted by Gasteiger charge is 2.31. The highest BCUT2D eigenvalue weighted by Crippen LogP contribution is 2.26. The van der Waals surface area contributed by atoms with Gasteiger partial charge in [-0.1, -0.05) is 13.8 Å². The van der Waals surface area contributed by atoms with Crippen molar-refractivity contribution >= 4 is 0 Å². The van der Waals surface area contributed by atoms with Gasteiger partial charge in [0.05, 0.1) is 0 Å². The molecule has 2 unspecified atom stereocenters. The topological polar surface area (TPSA) is 43.7 Å². The second-order valence-corrected chi connectivity index (χ2v) is 3.75. The van der Waals surface area contributed by atoms with E-state index in [4.69, 9.17) is 5.21 Å². The van der Waals surface area contributed by atoms with Crippen LogP contribution in [0.15, 0.2) is 0 Å². The van der Waals surface area contributed by atoms with E-state index in [2.05, 4.69) is 13.8 Å². The first-order valence-electron chi connectivity index (χ1n) is 4.25. The summed E-state index contributed by atoms with van der Waals surface area (Å²) in [5.41, 5.74) is 0. The minimum Gasteiger partial charge on any atom is -0.376 e. The Morgan fingerprint density at radius 2 is 2.18 bits per heavy atom. The van der Waals surface area contributed by atoms with E-state index in [1.165, 1.54) is 0 Å². The van der Waals surface area contributed by atoms with Crippen LogP contribution >= 0.6 is 0 Å². The summed E-state index contributed by atoms with van der Waals surface area (Å²) in [4.78, 5) is 0. The fourth-order valence-corrected chi connectivity index (χ4v) is 1.67. The van der Waals surface area contributed by atoms with Crippen molar-refractivity contribution in [3.05, 3.63) is 0 Å². The summed E-state index contributed by atoms with van der Waals surface area (Å²) in [6.07, 6.45) is 1.28. The van der Waals surface area contributed by atoms with Gasteiger partial charge in [0.2, 0.25) is 0 Å². The van der Waals surface area contributed by atoms with Gasteiger partial charge in [0.1, 0.15) is 6.23 Å². The van der Waals surface area contributed by atoms with Crippen molar-refractivity contribution in [3.63, 3.8) is 0 Å². The SMILES string of the molecule is CC(C)CC1CCN(O)C1O. The Kier molecular flexibility index (Phi) is 2.87. The van der Waals surface area contributed by atoms with E-state index in [-0.39, 0.29) is 5.92 Å². The number of hydrogen-bond donors (Lipinski definition) is 2. The van der Waals surface area contributed by atoms with Crippen LogP contribution < -0.4 is 0 Å². The highest BCUT2D eigenvalue weighted by atomic mass is 16.5. The average Bonchev–Trinajstić information content (AvgIpc) is 2.18. The molecule has 0 aromatic carbocycles. The van der Waals surface area contributed by atoms with Crippen LogP contribution in [0.2, 0.25) is 0 Å². The molecule has 3 heteroatoms. The minimum absolute atomic E-state index is 0.264. The van der Waals surface area contributed by atoms with Crippen molar-refractivity contribution in [3.8, 4) is 0 Å². The molecule has 1 rings (SSSR count). The number of nitrogens with zero attached hydrogens (tertiary/aromatic N) is 1. The molecule has 1 saturated heterocycles. The number of rotatable bonds is 2. The molecule has 0 saturated carbocycles. The van der Waals surface area contributed by atoms with Gasteiger partial charge < -0.3 is 10.3 Å². The Bertz CT molecular complexity index is 127. The second kappa shape index (κ2) is 3.52. The summed E-state index contributed by atoms with van der Waals surface area (Å²) in [6, 6.07) is 0. The molecule has 1 aliphatic heterocycles. The van der Waals surface area contributed by atoms with Crippen LogP contribution in [0, 0.1) is 11.8 Å². The molecule has 2 atom stereocenters. The number of aliphatic hydroxyl groups excluding tert-OH is 1. The summed E-state index contributed by atoms with van der Waals surface area (Å²) < 4.78 is 0. The lowest BCUT2D eigenvalue weighted by Gasteiger charge is -2.18. The molecule has 1 fully saturated rings. The third kappa shape index (κ3) is 2.15. The molecule has 0 amide bonds. The molecule has 0 spiro atoms. The van der Waals surface area contributed by atoms with Gasteiger partial charge in [-0.3, -0.25) is 0 Å². The lowest BCUT2D eigenvalue weighted by atomic mass is 9.95. The maximum absolute atomic E-state index is 9.38. The van der Waals surface area contributed by atoms with Gasteiger partial charge in [-0.25, -0.2) is 0 Å². The molecular weight excluding hydrogens is 142 g/mol. The third-order valence-corrected chi connectivity index (χ3v) is 2.23. The Labute approximate surface area is 67.6 Å². The van der Waals surface area contributed by atoms with E-state index >= 15 is 0 Å². The molecule has 0 aliphatic carbocycles.